The van der Waals surface area contributed by atoms with Gasteiger partial charge in [0.15, 0.2) is 0 Å². The minimum atomic E-state index is 0.746. The lowest BCUT2D eigenvalue weighted by atomic mass is 9.99. The first-order valence-electron chi connectivity index (χ1n) is 5.36. The van der Waals surface area contributed by atoms with Crippen LogP contribution < -0.4 is 0 Å². The Kier molecular flexibility index (Phi) is 4.67. The third-order valence-electron chi connectivity index (χ3n) is 2.83. The molecule has 12 heavy (non-hydrogen) atoms. The molecule has 0 spiro atoms. The summed E-state index contributed by atoms with van der Waals surface area (Å²) < 4.78 is 0. The maximum Gasteiger partial charge on any atom is 0.0936 e. The van der Waals surface area contributed by atoms with Crippen LogP contribution in [0.3, 0.4) is 0 Å². The van der Waals surface area contributed by atoms with Crippen LogP contribution in [0.4, 0.5) is 0 Å². The van der Waals surface area contributed by atoms with Gasteiger partial charge >= 0.3 is 0 Å². The SMILES string of the molecule is CCCCCCC1CC[C](O)C1. The molecule has 0 saturated heterocycles. The van der Waals surface area contributed by atoms with Crippen LogP contribution in [0.15, 0.2) is 0 Å². The fourth-order valence-corrected chi connectivity index (χ4v) is 2.01. The first-order valence-corrected chi connectivity index (χ1v) is 5.36. The molecule has 0 aliphatic heterocycles. The molecule has 1 unspecified atom stereocenters. The fourth-order valence-electron chi connectivity index (χ4n) is 2.01. The largest absolute Gasteiger partial charge is 0.387 e. The van der Waals surface area contributed by atoms with Crippen molar-refractivity contribution in [1.82, 2.24) is 0 Å². The van der Waals surface area contributed by atoms with Crippen molar-refractivity contribution < 1.29 is 5.11 Å². The lowest BCUT2D eigenvalue weighted by Crippen LogP contribution is -1.94. The monoisotopic (exact) mass is 169 g/mol. The second-order valence-electron chi connectivity index (χ2n) is 4.02. The van der Waals surface area contributed by atoms with Crippen LogP contribution in [0.5, 0.6) is 0 Å². The van der Waals surface area contributed by atoms with E-state index in [9.17, 15) is 5.11 Å². The van der Waals surface area contributed by atoms with Crippen molar-refractivity contribution in [3.63, 3.8) is 0 Å². The summed E-state index contributed by atoms with van der Waals surface area (Å²) in [6.45, 7) is 2.25. The molecule has 0 amide bonds. The molecule has 1 fully saturated rings. The van der Waals surface area contributed by atoms with E-state index in [1.54, 1.807) is 0 Å². The Balaban J connectivity index is 1.93. The van der Waals surface area contributed by atoms with E-state index in [1.165, 1.54) is 38.5 Å². The van der Waals surface area contributed by atoms with E-state index in [1.807, 2.05) is 0 Å². The van der Waals surface area contributed by atoms with Crippen molar-refractivity contribution in [3.05, 3.63) is 6.10 Å². The normalized spacial score (nSPS) is 25.0. The predicted molar refractivity (Wildman–Crippen MR) is 51.3 cm³/mol. The van der Waals surface area contributed by atoms with Crippen LogP contribution in [0, 0.1) is 12.0 Å². The average Bonchev–Trinajstić information content (AvgIpc) is 2.45. The number of rotatable bonds is 5. The molecule has 1 saturated carbocycles. The van der Waals surface area contributed by atoms with Gasteiger partial charge in [0, 0.05) is 0 Å². The molecule has 71 valence electrons. The van der Waals surface area contributed by atoms with Gasteiger partial charge < -0.3 is 5.11 Å². The minimum absolute atomic E-state index is 0.746. The van der Waals surface area contributed by atoms with Gasteiger partial charge in [-0.25, -0.2) is 0 Å². The number of hydrogen-bond acceptors (Lipinski definition) is 1. The third kappa shape index (κ3) is 3.57. The first-order chi connectivity index (χ1) is 5.83. The van der Waals surface area contributed by atoms with Crippen molar-refractivity contribution in [2.45, 2.75) is 58.3 Å². The van der Waals surface area contributed by atoms with Crippen molar-refractivity contribution in [2.75, 3.05) is 0 Å². The summed E-state index contributed by atoms with van der Waals surface area (Å²) in [6, 6.07) is 0. The van der Waals surface area contributed by atoms with Gasteiger partial charge in [0.1, 0.15) is 0 Å². The van der Waals surface area contributed by atoms with E-state index in [4.69, 9.17) is 0 Å². The molecule has 1 aliphatic carbocycles. The fraction of sp³-hybridized carbons (Fsp3) is 0.909. The number of hydrogen-bond donors (Lipinski definition) is 1. The van der Waals surface area contributed by atoms with E-state index in [2.05, 4.69) is 6.92 Å². The second kappa shape index (κ2) is 5.58. The molecular weight excluding hydrogens is 148 g/mol. The molecule has 1 nitrogen and oxygen atoms in total. The van der Waals surface area contributed by atoms with E-state index in [0.29, 0.717) is 0 Å². The van der Waals surface area contributed by atoms with Crippen molar-refractivity contribution in [2.24, 2.45) is 5.92 Å². The molecule has 0 bridgehead atoms. The van der Waals surface area contributed by atoms with Crippen LogP contribution in [0.2, 0.25) is 0 Å². The molecule has 0 heterocycles. The Morgan fingerprint density at radius 1 is 1.33 bits per heavy atom. The summed E-state index contributed by atoms with van der Waals surface area (Å²) in [5.41, 5.74) is 0. The topological polar surface area (TPSA) is 20.2 Å². The lowest BCUT2D eigenvalue weighted by Gasteiger charge is -2.07. The Morgan fingerprint density at radius 3 is 2.75 bits per heavy atom. The first kappa shape index (κ1) is 10.0. The third-order valence-corrected chi connectivity index (χ3v) is 2.83. The van der Waals surface area contributed by atoms with Crippen LogP contribution in [0.25, 0.3) is 0 Å². The van der Waals surface area contributed by atoms with E-state index < -0.39 is 0 Å². The summed E-state index contributed by atoms with van der Waals surface area (Å²) in [4.78, 5) is 0. The molecule has 0 aromatic rings. The van der Waals surface area contributed by atoms with E-state index in [-0.39, 0.29) is 0 Å². The van der Waals surface area contributed by atoms with E-state index in [0.717, 1.165) is 24.9 Å². The molecule has 0 aromatic heterocycles. The van der Waals surface area contributed by atoms with E-state index >= 15 is 0 Å². The van der Waals surface area contributed by atoms with Crippen molar-refractivity contribution in [3.8, 4) is 0 Å². The van der Waals surface area contributed by atoms with Crippen LogP contribution in [0.1, 0.15) is 58.3 Å². The second-order valence-corrected chi connectivity index (χ2v) is 4.02. The lowest BCUT2D eigenvalue weighted by molar-refractivity contribution is 0.288. The van der Waals surface area contributed by atoms with Crippen molar-refractivity contribution >= 4 is 0 Å². The summed E-state index contributed by atoms with van der Waals surface area (Å²) in [5, 5.41) is 9.22. The van der Waals surface area contributed by atoms with Gasteiger partial charge in [-0.2, -0.15) is 0 Å². The molecule has 1 atom stereocenters. The maximum absolute atomic E-state index is 9.22. The maximum atomic E-state index is 9.22. The highest BCUT2D eigenvalue weighted by Gasteiger charge is 2.22. The van der Waals surface area contributed by atoms with Crippen molar-refractivity contribution in [1.29, 1.82) is 0 Å². The molecule has 1 rings (SSSR count). The standard InChI is InChI=1S/C11H21O/c1-2-3-4-5-6-10-7-8-11(12)9-10/h10,12H,2-9H2,1H3. The van der Waals surface area contributed by atoms with Gasteiger partial charge in [0.2, 0.25) is 0 Å². The van der Waals surface area contributed by atoms with Gasteiger partial charge in [0.25, 0.3) is 0 Å². The molecular formula is C11H21O. The Hall–Kier alpha value is -0.0400. The Bertz CT molecular complexity index is 112. The van der Waals surface area contributed by atoms with Gasteiger partial charge in [-0.05, 0) is 25.2 Å². The number of aliphatic hydroxyl groups excluding tert-OH is 1. The zero-order valence-corrected chi connectivity index (χ0v) is 8.18. The van der Waals surface area contributed by atoms with Crippen LogP contribution in [-0.2, 0) is 0 Å². The average molecular weight is 169 g/mol. The van der Waals surface area contributed by atoms with Gasteiger partial charge in [-0.1, -0.05) is 39.0 Å². The summed E-state index contributed by atoms with van der Waals surface area (Å²) in [5.74, 6) is 0.807. The zero-order chi connectivity index (χ0) is 8.81. The summed E-state index contributed by atoms with van der Waals surface area (Å²) in [7, 11) is 0. The predicted octanol–water partition coefficient (Wildman–Crippen LogP) is 3.66. The molecule has 1 N–H and O–H groups in total. The zero-order valence-electron chi connectivity index (χ0n) is 8.18. The Morgan fingerprint density at radius 2 is 2.17 bits per heavy atom. The molecule has 1 aliphatic rings. The Labute approximate surface area is 76.2 Å². The number of aliphatic hydroxyl groups is 1. The quantitative estimate of drug-likeness (QED) is 0.623. The highest BCUT2D eigenvalue weighted by atomic mass is 16.3. The molecule has 1 radical (unpaired) electrons. The summed E-state index contributed by atoms with van der Waals surface area (Å²) >= 11 is 0. The molecule has 0 aromatic carbocycles. The highest BCUT2D eigenvalue weighted by molar-refractivity contribution is 4.87. The van der Waals surface area contributed by atoms with Crippen LogP contribution in [-0.4, -0.2) is 5.11 Å². The highest BCUT2D eigenvalue weighted by Crippen LogP contribution is 2.33. The van der Waals surface area contributed by atoms with Gasteiger partial charge in [-0.15, -0.1) is 0 Å². The van der Waals surface area contributed by atoms with Crippen LogP contribution >= 0.6 is 0 Å². The van der Waals surface area contributed by atoms with Gasteiger partial charge in [-0.3, -0.25) is 0 Å². The molecule has 1 heteroatoms. The number of unbranched alkanes of at least 4 members (excludes halogenated alkanes) is 3. The smallest absolute Gasteiger partial charge is 0.0936 e. The summed E-state index contributed by atoms with van der Waals surface area (Å²) in [6.07, 6.45) is 10.7. The minimum Gasteiger partial charge on any atom is -0.387 e. The van der Waals surface area contributed by atoms with Gasteiger partial charge in [0.05, 0.1) is 6.10 Å².